The van der Waals surface area contributed by atoms with Crippen LogP contribution >= 0.6 is 11.3 Å². The van der Waals surface area contributed by atoms with Gasteiger partial charge in [-0.15, -0.1) is 11.3 Å². The van der Waals surface area contributed by atoms with Gasteiger partial charge in [0.05, 0.1) is 0 Å². The Labute approximate surface area is 103 Å². The molecule has 0 radical (unpaired) electrons. The standard InChI is InChI=1S/C9H12N2O4S2/c12-9(13)8-7(1-6-16-8)17(14,15)11-4-2-10-3-5-11/h1,6,10H,2-5H2,(H,12,13). The summed E-state index contributed by atoms with van der Waals surface area (Å²) in [7, 11) is -3.67. The molecule has 2 heterocycles. The summed E-state index contributed by atoms with van der Waals surface area (Å²) in [5.41, 5.74) is 0. The third-order valence-electron chi connectivity index (χ3n) is 2.52. The van der Waals surface area contributed by atoms with Crippen LogP contribution in [0.15, 0.2) is 16.3 Å². The van der Waals surface area contributed by atoms with Crippen molar-refractivity contribution in [2.75, 3.05) is 26.2 Å². The highest BCUT2D eigenvalue weighted by Crippen LogP contribution is 2.25. The molecule has 1 fully saturated rings. The first-order valence-corrected chi connectivity index (χ1v) is 7.37. The van der Waals surface area contributed by atoms with Crippen molar-refractivity contribution >= 4 is 27.3 Å². The predicted molar refractivity (Wildman–Crippen MR) is 62.9 cm³/mol. The second-order valence-corrected chi connectivity index (χ2v) is 6.40. The Hall–Kier alpha value is -0.960. The molecule has 0 saturated carbocycles. The van der Waals surface area contributed by atoms with Crippen LogP contribution in [0.3, 0.4) is 0 Å². The Kier molecular flexibility index (Phi) is 3.48. The molecule has 2 rings (SSSR count). The molecular formula is C9H12N2O4S2. The zero-order valence-corrected chi connectivity index (χ0v) is 10.6. The van der Waals surface area contributed by atoms with Crippen molar-refractivity contribution in [3.05, 3.63) is 16.3 Å². The smallest absolute Gasteiger partial charge is 0.347 e. The van der Waals surface area contributed by atoms with Gasteiger partial charge in [-0.25, -0.2) is 13.2 Å². The molecule has 1 aliphatic heterocycles. The van der Waals surface area contributed by atoms with E-state index in [-0.39, 0.29) is 9.77 Å². The molecule has 0 amide bonds. The number of nitrogens with one attached hydrogen (secondary N) is 1. The predicted octanol–water partition coefficient (Wildman–Crippen LogP) is 0.0402. The molecule has 0 spiro atoms. The zero-order valence-electron chi connectivity index (χ0n) is 8.92. The van der Waals surface area contributed by atoms with E-state index in [0.29, 0.717) is 26.2 Å². The fourth-order valence-electron chi connectivity index (χ4n) is 1.68. The molecule has 17 heavy (non-hydrogen) atoms. The van der Waals surface area contributed by atoms with E-state index in [1.54, 1.807) is 0 Å². The van der Waals surface area contributed by atoms with E-state index in [4.69, 9.17) is 5.11 Å². The number of hydrogen-bond donors (Lipinski definition) is 2. The van der Waals surface area contributed by atoms with Crippen LogP contribution in [0.25, 0.3) is 0 Å². The minimum absolute atomic E-state index is 0.100. The lowest BCUT2D eigenvalue weighted by Gasteiger charge is -2.26. The highest BCUT2D eigenvalue weighted by molar-refractivity contribution is 7.89. The summed E-state index contributed by atoms with van der Waals surface area (Å²) in [5.74, 6) is -1.20. The van der Waals surface area contributed by atoms with E-state index >= 15 is 0 Å². The maximum Gasteiger partial charge on any atom is 0.347 e. The van der Waals surface area contributed by atoms with Gasteiger partial charge in [-0.2, -0.15) is 4.31 Å². The number of carbonyl (C=O) groups is 1. The van der Waals surface area contributed by atoms with Gasteiger partial charge >= 0.3 is 5.97 Å². The molecule has 0 aliphatic carbocycles. The Morgan fingerprint density at radius 1 is 1.41 bits per heavy atom. The molecule has 0 aromatic carbocycles. The molecular weight excluding hydrogens is 264 g/mol. The van der Waals surface area contributed by atoms with Crippen LogP contribution in [-0.4, -0.2) is 50.0 Å². The zero-order chi connectivity index (χ0) is 12.5. The van der Waals surface area contributed by atoms with Gasteiger partial charge in [-0.1, -0.05) is 0 Å². The average Bonchev–Trinajstić information content (AvgIpc) is 2.80. The summed E-state index contributed by atoms with van der Waals surface area (Å²) in [5, 5.41) is 13.5. The molecule has 0 bridgehead atoms. The lowest BCUT2D eigenvalue weighted by Crippen LogP contribution is -2.46. The molecule has 0 atom stereocenters. The minimum atomic E-state index is -3.67. The van der Waals surface area contributed by atoms with Crippen LogP contribution in [0.1, 0.15) is 9.67 Å². The number of sulfonamides is 1. The molecule has 1 aromatic rings. The van der Waals surface area contributed by atoms with Gasteiger partial charge in [0.25, 0.3) is 0 Å². The second-order valence-electron chi connectivity index (χ2n) is 3.57. The van der Waals surface area contributed by atoms with Crippen LogP contribution in [0, 0.1) is 0 Å². The maximum absolute atomic E-state index is 12.2. The molecule has 8 heteroatoms. The van der Waals surface area contributed by atoms with E-state index in [1.165, 1.54) is 15.8 Å². The molecule has 1 aromatic heterocycles. The molecule has 1 saturated heterocycles. The third-order valence-corrected chi connectivity index (χ3v) is 5.49. The van der Waals surface area contributed by atoms with Crippen molar-refractivity contribution in [3.8, 4) is 0 Å². The van der Waals surface area contributed by atoms with Crippen LogP contribution in [0.4, 0.5) is 0 Å². The number of hydrogen-bond acceptors (Lipinski definition) is 5. The number of thiophene rings is 1. The van der Waals surface area contributed by atoms with Crippen LogP contribution in [0.5, 0.6) is 0 Å². The van der Waals surface area contributed by atoms with E-state index in [2.05, 4.69) is 5.32 Å². The topological polar surface area (TPSA) is 86.7 Å². The van der Waals surface area contributed by atoms with Gasteiger partial charge in [-0.05, 0) is 11.4 Å². The summed E-state index contributed by atoms with van der Waals surface area (Å²) in [6, 6.07) is 1.35. The molecule has 1 aliphatic rings. The number of piperazine rings is 1. The van der Waals surface area contributed by atoms with Gasteiger partial charge < -0.3 is 10.4 Å². The number of rotatable bonds is 3. The average molecular weight is 276 g/mol. The Bertz CT molecular complexity index is 517. The van der Waals surface area contributed by atoms with Gasteiger partial charge in [-0.3, -0.25) is 0 Å². The summed E-state index contributed by atoms with van der Waals surface area (Å²) >= 11 is 0.928. The van der Waals surface area contributed by atoms with Gasteiger partial charge in [0, 0.05) is 26.2 Å². The van der Waals surface area contributed by atoms with Crippen LogP contribution < -0.4 is 5.32 Å². The number of nitrogens with zero attached hydrogens (tertiary/aromatic N) is 1. The summed E-state index contributed by atoms with van der Waals surface area (Å²) in [6.07, 6.45) is 0. The Morgan fingerprint density at radius 2 is 2.06 bits per heavy atom. The molecule has 94 valence electrons. The van der Waals surface area contributed by atoms with Crippen LogP contribution in [-0.2, 0) is 10.0 Å². The van der Waals surface area contributed by atoms with E-state index in [9.17, 15) is 13.2 Å². The highest BCUT2D eigenvalue weighted by Gasteiger charge is 2.30. The lowest BCUT2D eigenvalue weighted by atomic mass is 10.4. The van der Waals surface area contributed by atoms with Crippen molar-refractivity contribution in [1.82, 2.24) is 9.62 Å². The van der Waals surface area contributed by atoms with E-state index in [1.807, 2.05) is 0 Å². The monoisotopic (exact) mass is 276 g/mol. The number of aromatic carboxylic acids is 1. The minimum Gasteiger partial charge on any atom is -0.477 e. The first-order chi connectivity index (χ1) is 8.03. The SMILES string of the molecule is O=C(O)c1sccc1S(=O)(=O)N1CCNCC1. The summed E-state index contributed by atoms with van der Waals surface area (Å²) in [4.78, 5) is 10.7. The van der Waals surface area contributed by atoms with Gasteiger partial charge in [0.2, 0.25) is 10.0 Å². The normalized spacial score (nSPS) is 18.1. The maximum atomic E-state index is 12.2. The van der Waals surface area contributed by atoms with Gasteiger partial charge in [0.15, 0.2) is 0 Å². The van der Waals surface area contributed by atoms with Crippen molar-refractivity contribution in [2.24, 2.45) is 0 Å². The fraction of sp³-hybridized carbons (Fsp3) is 0.444. The van der Waals surface area contributed by atoms with Crippen LogP contribution in [0.2, 0.25) is 0 Å². The van der Waals surface area contributed by atoms with Crippen molar-refractivity contribution in [3.63, 3.8) is 0 Å². The molecule has 0 unspecified atom stereocenters. The largest absolute Gasteiger partial charge is 0.477 e. The first kappa shape index (κ1) is 12.5. The second kappa shape index (κ2) is 4.73. The van der Waals surface area contributed by atoms with Crippen molar-refractivity contribution in [1.29, 1.82) is 0 Å². The van der Waals surface area contributed by atoms with Gasteiger partial charge in [0.1, 0.15) is 9.77 Å². The highest BCUT2D eigenvalue weighted by atomic mass is 32.2. The third kappa shape index (κ3) is 2.34. The lowest BCUT2D eigenvalue weighted by molar-refractivity contribution is 0.0698. The summed E-state index contributed by atoms with van der Waals surface area (Å²) in [6.45, 7) is 1.92. The first-order valence-electron chi connectivity index (χ1n) is 5.05. The summed E-state index contributed by atoms with van der Waals surface area (Å²) < 4.78 is 25.7. The van der Waals surface area contributed by atoms with E-state index in [0.717, 1.165) is 11.3 Å². The Morgan fingerprint density at radius 3 is 2.65 bits per heavy atom. The van der Waals surface area contributed by atoms with E-state index < -0.39 is 16.0 Å². The molecule has 6 nitrogen and oxygen atoms in total. The van der Waals surface area contributed by atoms with Crippen molar-refractivity contribution in [2.45, 2.75) is 4.90 Å². The fourth-order valence-corrected chi connectivity index (χ4v) is 4.36. The number of carboxylic acid groups (broad SMARTS) is 1. The van der Waals surface area contributed by atoms with Crippen molar-refractivity contribution < 1.29 is 18.3 Å². The quantitative estimate of drug-likeness (QED) is 0.814. The Balaban J connectivity index is 2.37. The molecule has 2 N–H and O–H groups in total. The number of carboxylic acids is 1.